The summed E-state index contributed by atoms with van der Waals surface area (Å²) in [5.74, 6) is -0.0965. The molecule has 150 valence electrons. The third kappa shape index (κ3) is 4.74. The number of carbonyl (C=O) groups is 1. The van der Waals surface area contributed by atoms with Gasteiger partial charge < -0.3 is 10.2 Å². The van der Waals surface area contributed by atoms with Gasteiger partial charge >= 0.3 is 0 Å². The van der Waals surface area contributed by atoms with Gasteiger partial charge in [-0.3, -0.25) is 9.78 Å². The van der Waals surface area contributed by atoms with E-state index in [1.54, 1.807) is 17.2 Å². The maximum atomic E-state index is 13.2. The van der Waals surface area contributed by atoms with Crippen molar-refractivity contribution < 1.29 is 9.69 Å². The Morgan fingerprint density at radius 2 is 1.97 bits per heavy atom. The van der Waals surface area contributed by atoms with E-state index in [0.29, 0.717) is 16.3 Å². The number of pyridine rings is 2. The number of carbonyl (C=O) groups excluding carboxylic acids is 1. The van der Waals surface area contributed by atoms with Crippen LogP contribution in [-0.2, 0) is 0 Å². The van der Waals surface area contributed by atoms with Crippen LogP contribution >= 0.6 is 11.6 Å². The molecule has 2 N–H and O–H groups in total. The fourth-order valence-corrected chi connectivity index (χ4v) is 4.24. The normalized spacial score (nSPS) is 15.9. The average molecular weight is 410 g/mol. The first-order valence-electron chi connectivity index (χ1n) is 10.3. The van der Waals surface area contributed by atoms with Crippen molar-refractivity contribution in [2.45, 2.75) is 32.2 Å². The van der Waals surface area contributed by atoms with Crippen LogP contribution in [0.4, 0.5) is 0 Å². The van der Waals surface area contributed by atoms with Gasteiger partial charge in [-0.05, 0) is 62.6 Å². The van der Waals surface area contributed by atoms with E-state index in [2.05, 4.69) is 17.2 Å². The van der Waals surface area contributed by atoms with Crippen LogP contribution in [0.3, 0.4) is 0 Å². The number of likely N-dealkylation sites (tertiary alicyclic amines) is 1. The second-order valence-electron chi connectivity index (χ2n) is 7.82. The molecule has 6 heteroatoms. The molecule has 1 aromatic carbocycles. The summed E-state index contributed by atoms with van der Waals surface area (Å²) in [4.78, 5) is 23.8. The summed E-state index contributed by atoms with van der Waals surface area (Å²) in [5, 5.41) is 4.53. The van der Waals surface area contributed by atoms with Gasteiger partial charge in [0.25, 0.3) is 5.91 Å². The van der Waals surface area contributed by atoms with Gasteiger partial charge in [0.2, 0.25) is 0 Å². The fourth-order valence-electron chi connectivity index (χ4n) is 4.07. The monoisotopic (exact) mass is 409 g/mol. The van der Waals surface area contributed by atoms with Gasteiger partial charge in [0.1, 0.15) is 0 Å². The quantitative estimate of drug-likeness (QED) is 0.680. The summed E-state index contributed by atoms with van der Waals surface area (Å²) in [6.07, 6.45) is 5.60. The number of halogens is 1. The number of piperidine rings is 1. The number of aromatic nitrogens is 2. The highest BCUT2D eigenvalue weighted by Crippen LogP contribution is 2.26. The Balaban J connectivity index is 1.63. The van der Waals surface area contributed by atoms with E-state index < -0.39 is 0 Å². The standard InChI is InChI=1S/C23H25ClN4O/c1-16(15-28-11-5-2-6-12-28)26-23(29)19-14-22(21-7-3-4-10-25-21)27-20-9-8-17(24)13-18(19)20/h3-4,7-10,13-14,16H,2,5-6,11-12,15H2,1H3,(H,26,29)/p+1/t16-/m0/s1. The van der Waals surface area contributed by atoms with E-state index in [-0.39, 0.29) is 11.9 Å². The lowest BCUT2D eigenvalue weighted by Gasteiger charge is -2.26. The number of quaternary nitrogens is 1. The Morgan fingerprint density at radius 3 is 2.72 bits per heavy atom. The molecule has 1 aliphatic rings. The Kier molecular flexibility index (Phi) is 6.07. The van der Waals surface area contributed by atoms with Crippen LogP contribution in [0.15, 0.2) is 48.7 Å². The summed E-state index contributed by atoms with van der Waals surface area (Å²) >= 11 is 6.21. The largest absolute Gasteiger partial charge is 0.344 e. The zero-order valence-electron chi connectivity index (χ0n) is 16.6. The van der Waals surface area contributed by atoms with Gasteiger partial charge in [0, 0.05) is 16.6 Å². The molecule has 0 unspecified atom stereocenters. The Labute approximate surface area is 176 Å². The van der Waals surface area contributed by atoms with Gasteiger partial charge in [-0.1, -0.05) is 17.7 Å². The first-order valence-corrected chi connectivity index (χ1v) is 10.6. The lowest BCUT2D eigenvalue weighted by molar-refractivity contribution is -0.905. The highest BCUT2D eigenvalue weighted by atomic mass is 35.5. The number of fused-ring (bicyclic) bond motifs is 1. The fraction of sp³-hybridized carbons (Fsp3) is 0.348. The minimum atomic E-state index is -0.0965. The van der Waals surface area contributed by atoms with Gasteiger partial charge in [0.05, 0.1) is 48.1 Å². The zero-order chi connectivity index (χ0) is 20.2. The topological polar surface area (TPSA) is 59.3 Å². The minimum Gasteiger partial charge on any atom is -0.344 e. The van der Waals surface area contributed by atoms with Crippen LogP contribution in [0.5, 0.6) is 0 Å². The Morgan fingerprint density at radius 1 is 1.14 bits per heavy atom. The minimum absolute atomic E-state index is 0.0938. The van der Waals surface area contributed by atoms with E-state index in [1.807, 2.05) is 36.4 Å². The molecule has 5 nitrogen and oxygen atoms in total. The molecule has 3 aromatic rings. The predicted molar refractivity (Wildman–Crippen MR) is 116 cm³/mol. The van der Waals surface area contributed by atoms with Crippen molar-refractivity contribution in [2.24, 2.45) is 0 Å². The van der Waals surface area contributed by atoms with Crippen LogP contribution in [0.2, 0.25) is 5.02 Å². The highest BCUT2D eigenvalue weighted by Gasteiger charge is 2.20. The molecular weight excluding hydrogens is 384 g/mol. The van der Waals surface area contributed by atoms with Crippen molar-refractivity contribution in [2.75, 3.05) is 19.6 Å². The van der Waals surface area contributed by atoms with Crippen LogP contribution in [0, 0.1) is 0 Å². The van der Waals surface area contributed by atoms with E-state index >= 15 is 0 Å². The molecule has 0 spiro atoms. The van der Waals surface area contributed by atoms with Crippen molar-refractivity contribution in [1.29, 1.82) is 0 Å². The molecule has 3 heterocycles. The summed E-state index contributed by atoms with van der Waals surface area (Å²) in [6, 6.07) is 13.0. The molecular formula is C23H26ClN4O+. The first kappa shape index (κ1) is 19.8. The van der Waals surface area contributed by atoms with E-state index in [4.69, 9.17) is 16.6 Å². The molecule has 0 saturated carbocycles. The van der Waals surface area contributed by atoms with Gasteiger partial charge in [-0.25, -0.2) is 4.98 Å². The third-order valence-corrected chi connectivity index (χ3v) is 5.71. The van der Waals surface area contributed by atoms with Crippen molar-refractivity contribution >= 4 is 28.4 Å². The SMILES string of the molecule is C[C@@H](C[NH+]1CCCCC1)NC(=O)c1cc(-c2ccccn2)nc2ccc(Cl)cc12. The summed E-state index contributed by atoms with van der Waals surface area (Å²) < 4.78 is 0. The predicted octanol–water partition coefficient (Wildman–Crippen LogP) is 3.14. The zero-order valence-corrected chi connectivity index (χ0v) is 17.4. The van der Waals surface area contributed by atoms with Gasteiger partial charge in [0.15, 0.2) is 0 Å². The van der Waals surface area contributed by atoms with E-state index in [1.165, 1.54) is 32.4 Å². The molecule has 1 aliphatic heterocycles. The number of nitrogens with zero attached hydrogens (tertiary/aromatic N) is 2. The second kappa shape index (κ2) is 8.89. The Hall–Kier alpha value is -2.50. The van der Waals surface area contributed by atoms with Crippen molar-refractivity contribution in [1.82, 2.24) is 15.3 Å². The smallest absolute Gasteiger partial charge is 0.252 e. The van der Waals surface area contributed by atoms with Gasteiger partial charge in [-0.15, -0.1) is 0 Å². The summed E-state index contributed by atoms with van der Waals surface area (Å²) in [6.45, 7) is 5.41. The summed E-state index contributed by atoms with van der Waals surface area (Å²) in [5.41, 5.74) is 2.74. The highest BCUT2D eigenvalue weighted by molar-refractivity contribution is 6.31. The van der Waals surface area contributed by atoms with Gasteiger partial charge in [-0.2, -0.15) is 0 Å². The van der Waals surface area contributed by atoms with Crippen molar-refractivity contribution in [3.63, 3.8) is 0 Å². The second-order valence-corrected chi connectivity index (χ2v) is 8.26. The number of hydrogen-bond donors (Lipinski definition) is 2. The number of amides is 1. The molecule has 1 saturated heterocycles. The maximum absolute atomic E-state index is 13.2. The third-order valence-electron chi connectivity index (χ3n) is 5.48. The number of nitrogens with one attached hydrogen (secondary N) is 2. The molecule has 0 radical (unpaired) electrons. The molecule has 1 fully saturated rings. The number of hydrogen-bond acceptors (Lipinski definition) is 3. The summed E-state index contributed by atoms with van der Waals surface area (Å²) in [7, 11) is 0. The lowest BCUT2D eigenvalue weighted by atomic mass is 10.0. The number of benzene rings is 1. The first-order chi connectivity index (χ1) is 14.1. The molecule has 0 aliphatic carbocycles. The lowest BCUT2D eigenvalue weighted by Crippen LogP contribution is -3.14. The van der Waals surface area contributed by atoms with E-state index in [0.717, 1.165) is 23.1 Å². The van der Waals surface area contributed by atoms with Crippen LogP contribution < -0.4 is 10.2 Å². The molecule has 2 aromatic heterocycles. The van der Waals surface area contributed by atoms with Crippen LogP contribution in [-0.4, -0.2) is 41.6 Å². The van der Waals surface area contributed by atoms with Crippen molar-refractivity contribution in [3.05, 3.63) is 59.2 Å². The Bertz CT molecular complexity index is 1000. The van der Waals surface area contributed by atoms with E-state index in [9.17, 15) is 4.79 Å². The van der Waals surface area contributed by atoms with Crippen LogP contribution in [0.1, 0.15) is 36.5 Å². The number of rotatable bonds is 5. The molecule has 1 atom stereocenters. The molecule has 29 heavy (non-hydrogen) atoms. The maximum Gasteiger partial charge on any atom is 0.252 e. The van der Waals surface area contributed by atoms with Crippen molar-refractivity contribution in [3.8, 4) is 11.4 Å². The average Bonchev–Trinajstić information content (AvgIpc) is 2.74. The van der Waals surface area contributed by atoms with Crippen LogP contribution in [0.25, 0.3) is 22.3 Å². The molecule has 4 rings (SSSR count). The molecule has 0 bridgehead atoms. The molecule has 1 amide bonds.